The van der Waals surface area contributed by atoms with E-state index in [9.17, 15) is 0 Å². The average Bonchev–Trinajstić information content (AvgIpc) is 2.28. The zero-order chi connectivity index (χ0) is 14.8. The maximum Gasteiger partial charge on any atom is 0.280 e. The van der Waals surface area contributed by atoms with Gasteiger partial charge in [0.05, 0.1) is 0 Å². The van der Waals surface area contributed by atoms with Crippen LogP contribution in [0, 0.1) is 0 Å². The fraction of sp³-hybridized carbons (Fsp3) is 1.00. The number of halogens is 1. The lowest BCUT2D eigenvalue weighted by molar-refractivity contribution is 0.536. The minimum atomic E-state index is -1.95. The third-order valence-electron chi connectivity index (χ3n) is 3.30. The minimum absolute atomic E-state index is 1.16. The second kappa shape index (κ2) is 10.4. The van der Waals surface area contributed by atoms with Gasteiger partial charge < -0.3 is 4.12 Å². The number of unbranched alkanes of at least 4 members (excludes halogenated alkanes) is 6. The Morgan fingerprint density at radius 2 is 1.16 bits per heavy atom. The lowest BCUT2D eigenvalue weighted by atomic mass is 10.2. The third-order valence-corrected chi connectivity index (χ3v) is 11.2. The Kier molecular flexibility index (Phi) is 10.8. The van der Waals surface area contributed by atoms with Gasteiger partial charge in [-0.2, -0.15) is 0 Å². The van der Waals surface area contributed by atoms with E-state index < -0.39 is 15.9 Å². The van der Waals surface area contributed by atoms with E-state index in [0.717, 1.165) is 12.1 Å². The minimum Gasteiger partial charge on any atom is -0.445 e. The molecule has 19 heavy (non-hydrogen) atoms. The maximum absolute atomic E-state index is 6.93. The van der Waals surface area contributed by atoms with E-state index in [1.54, 1.807) is 0 Å². The molecule has 0 unspecified atom stereocenters. The highest BCUT2D eigenvalue weighted by atomic mass is 35.6. The topological polar surface area (TPSA) is 9.23 Å². The van der Waals surface area contributed by atoms with Crippen molar-refractivity contribution in [1.29, 1.82) is 0 Å². The largest absolute Gasteiger partial charge is 0.445 e. The van der Waals surface area contributed by atoms with Crippen LogP contribution in [0.4, 0.5) is 0 Å². The predicted octanol–water partition coefficient (Wildman–Crippen LogP) is 6.68. The Morgan fingerprint density at radius 1 is 0.737 bits per heavy atom. The van der Waals surface area contributed by atoms with Crippen molar-refractivity contribution in [3.8, 4) is 0 Å². The van der Waals surface area contributed by atoms with Crippen molar-refractivity contribution < 1.29 is 4.12 Å². The molecule has 0 aromatic heterocycles. The van der Waals surface area contributed by atoms with Crippen LogP contribution in [0.5, 0.6) is 0 Å². The van der Waals surface area contributed by atoms with Gasteiger partial charge in [-0.1, -0.05) is 65.2 Å². The standard InChI is InChI=1S/C15H35ClOSi2/c1-6-8-10-12-14-19(16,17-18(3,4)5)15-13-11-9-7-2/h6-15H2,1-5H3. The molecule has 0 bridgehead atoms. The zero-order valence-electron chi connectivity index (χ0n) is 13.9. The van der Waals surface area contributed by atoms with Crippen LogP contribution in [0.15, 0.2) is 0 Å². The first-order valence-corrected chi connectivity index (χ1v) is 15.0. The first kappa shape index (κ1) is 19.7. The molecule has 0 aromatic rings. The molecule has 116 valence electrons. The SMILES string of the molecule is CCCCCC[Si](Cl)(CCCCCC)O[Si](C)(C)C. The van der Waals surface area contributed by atoms with E-state index in [1.807, 2.05) is 0 Å². The second-order valence-electron chi connectivity index (χ2n) is 6.72. The van der Waals surface area contributed by atoms with Crippen LogP contribution in [0.25, 0.3) is 0 Å². The molecule has 0 fully saturated rings. The highest BCUT2D eigenvalue weighted by Crippen LogP contribution is 2.31. The molecular weight excluding hydrogens is 288 g/mol. The van der Waals surface area contributed by atoms with Crippen LogP contribution in [0.2, 0.25) is 31.7 Å². The van der Waals surface area contributed by atoms with Crippen LogP contribution in [-0.2, 0) is 4.12 Å². The molecule has 4 heteroatoms. The summed E-state index contributed by atoms with van der Waals surface area (Å²) in [6.45, 7) is 11.3. The summed E-state index contributed by atoms with van der Waals surface area (Å²) in [5, 5.41) is 0. The summed E-state index contributed by atoms with van der Waals surface area (Å²) < 4.78 is 6.43. The molecule has 0 aliphatic carbocycles. The van der Waals surface area contributed by atoms with Crippen molar-refractivity contribution >= 4 is 27.0 Å². The Hall–Kier alpha value is 0.684. The van der Waals surface area contributed by atoms with Gasteiger partial charge in [0.15, 0.2) is 8.32 Å². The van der Waals surface area contributed by atoms with Gasteiger partial charge in [0, 0.05) is 0 Å². The van der Waals surface area contributed by atoms with Crippen molar-refractivity contribution in [1.82, 2.24) is 0 Å². The molecule has 0 rings (SSSR count). The monoisotopic (exact) mass is 322 g/mol. The number of hydrogen-bond acceptors (Lipinski definition) is 1. The summed E-state index contributed by atoms with van der Waals surface area (Å²) in [6, 6.07) is 2.32. The van der Waals surface area contributed by atoms with Crippen molar-refractivity contribution in [2.45, 2.75) is 96.9 Å². The van der Waals surface area contributed by atoms with Crippen LogP contribution >= 0.6 is 11.1 Å². The summed E-state index contributed by atoms with van der Waals surface area (Å²) >= 11 is 6.93. The van der Waals surface area contributed by atoms with Crippen molar-refractivity contribution in [2.24, 2.45) is 0 Å². The first-order chi connectivity index (χ1) is 8.83. The quantitative estimate of drug-likeness (QED) is 0.221. The molecule has 0 amide bonds. The summed E-state index contributed by atoms with van der Waals surface area (Å²) in [4.78, 5) is 0. The molecule has 0 atom stereocenters. The molecule has 1 nitrogen and oxygen atoms in total. The van der Waals surface area contributed by atoms with Crippen molar-refractivity contribution in [2.75, 3.05) is 0 Å². The lowest BCUT2D eigenvalue weighted by Gasteiger charge is -2.32. The normalized spacial score (nSPS) is 12.9. The highest BCUT2D eigenvalue weighted by Gasteiger charge is 2.36. The lowest BCUT2D eigenvalue weighted by Crippen LogP contribution is -2.42. The molecule has 0 saturated carbocycles. The van der Waals surface area contributed by atoms with E-state index in [-0.39, 0.29) is 0 Å². The summed E-state index contributed by atoms with van der Waals surface area (Å²) in [5.41, 5.74) is 0. The Morgan fingerprint density at radius 3 is 1.47 bits per heavy atom. The van der Waals surface area contributed by atoms with E-state index >= 15 is 0 Å². The Bertz CT molecular complexity index is 205. The number of rotatable bonds is 12. The zero-order valence-corrected chi connectivity index (χ0v) is 16.6. The van der Waals surface area contributed by atoms with Crippen LogP contribution in [0.3, 0.4) is 0 Å². The van der Waals surface area contributed by atoms with Gasteiger partial charge in [-0.25, -0.2) is 0 Å². The van der Waals surface area contributed by atoms with Gasteiger partial charge in [-0.15, -0.1) is 11.1 Å². The van der Waals surface area contributed by atoms with Gasteiger partial charge >= 0.3 is 0 Å². The number of hydrogen-bond donors (Lipinski definition) is 0. The molecule has 0 aliphatic rings. The molecular formula is C15H35ClOSi2. The van der Waals surface area contributed by atoms with Crippen molar-refractivity contribution in [3.05, 3.63) is 0 Å². The molecule has 0 saturated heterocycles. The fourth-order valence-electron chi connectivity index (χ4n) is 2.41. The third kappa shape index (κ3) is 12.2. The molecule has 0 spiro atoms. The van der Waals surface area contributed by atoms with E-state index in [0.29, 0.717) is 0 Å². The summed E-state index contributed by atoms with van der Waals surface area (Å²) in [6.07, 6.45) is 10.4. The van der Waals surface area contributed by atoms with E-state index in [4.69, 9.17) is 15.2 Å². The molecule has 0 aromatic carbocycles. The van der Waals surface area contributed by atoms with Crippen LogP contribution < -0.4 is 0 Å². The average molecular weight is 323 g/mol. The predicted molar refractivity (Wildman–Crippen MR) is 93.9 cm³/mol. The van der Waals surface area contributed by atoms with Crippen LogP contribution in [-0.4, -0.2) is 15.9 Å². The highest BCUT2D eigenvalue weighted by molar-refractivity contribution is 7.19. The fourth-order valence-corrected chi connectivity index (χ4v) is 12.3. The van der Waals surface area contributed by atoms with Gasteiger partial charge in [0.2, 0.25) is 0 Å². The van der Waals surface area contributed by atoms with Gasteiger partial charge in [-0.3, -0.25) is 0 Å². The smallest absolute Gasteiger partial charge is 0.280 e. The Balaban J connectivity index is 4.19. The molecule has 0 heterocycles. The molecule has 0 aliphatic heterocycles. The second-order valence-corrected chi connectivity index (χ2v) is 16.6. The summed E-state index contributed by atoms with van der Waals surface area (Å²) in [5.74, 6) is 0. The van der Waals surface area contributed by atoms with Gasteiger partial charge in [0.25, 0.3) is 7.63 Å². The van der Waals surface area contributed by atoms with Gasteiger partial charge in [-0.05, 0) is 31.7 Å². The molecule has 0 radical (unpaired) electrons. The maximum atomic E-state index is 6.93. The summed E-state index contributed by atoms with van der Waals surface area (Å²) in [7, 11) is -3.45. The van der Waals surface area contributed by atoms with E-state index in [2.05, 4.69) is 33.5 Å². The van der Waals surface area contributed by atoms with Crippen molar-refractivity contribution in [3.63, 3.8) is 0 Å². The molecule has 0 N–H and O–H groups in total. The van der Waals surface area contributed by atoms with Crippen LogP contribution in [0.1, 0.15) is 65.2 Å². The van der Waals surface area contributed by atoms with E-state index in [1.165, 1.54) is 51.4 Å². The van der Waals surface area contributed by atoms with Gasteiger partial charge in [0.1, 0.15) is 0 Å². The first-order valence-electron chi connectivity index (χ1n) is 8.22. The Labute approximate surface area is 128 Å².